The third-order valence-corrected chi connectivity index (χ3v) is 3.57. The average Bonchev–Trinajstić information content (AvgIpc) is 3.19. The van der Waals surface area contributed by atoms with Crippen LogP contribution in [0, 0.1) is 6.92 Å². The van der Waals surface area contributed by atoms with Crippen LogP contribution < -0.4 is 5.32 Å². The predicted molar refractivity (Wildman–Crippen MR) is 82.4 cm³/mol. The quantitative estimate of drug-likeness (QED) is 0.787. The van der Waals surface area contributed by atoms with Crippen molar-refractivity contribution in [3.63, 3.8) is 0 Å². The second-order valence-corrected chi connectivity index (χ2v) is 5.03. The molecule has 3 rings (SSSR count). The first-order chi connectivity index (χ1) is 10.7. The van der Waals surface area contributed by atoms with Gasteiger partial charge in [-0.1, -0.05) is 24.3 Å². The zero-order valence-corrected chi connectivity index (χ0v) is 12.3. The zero-order valence-electron chi connectivity index (χ0n) is 12.3. The van der Waals surface area contributed by atoms with Crippen LogP contribution in [0.15, 0.2) is 59.5 Å². The van der Waals surface area contributed by atoms with Crippen molar-refractivity contribution in [2.45, 2.75) is 20.0 Å². The van der Waals surface area contributed by atoms with E-state index in [4.69, 9.17) is 4.42 Å². The highest BCUT2D eigenvalue weighted by atomic mass is 16.3. The van der Waals surface area contributed by atoms with Crippen LogP contribution in [0.4, 0.5) is 0 Å². The first-order valence-electron chi connectivity index (χ1n) is 7.10. The molecule has 0 bridgehead atoms. The number of benzene rings is 1. The van der Waals surface area contributed by atoms with Crippen molar-refractivity contribution >= 4 is 5.91 Å². The van der Waals surface area contributed by atoms with E-state index in [0.29, 0.717) is 12.3 Å². The molecule has 0 fully saturated rings. The summed E-state index contributed by atoms with van der Waals surface area (Å²) >= 11 is 0. The van der Waals surface area contributed by atoms with Crippen LogP contribution in [0.2, 0.25) is 0 Å². The normalized spacial score (nSPS) is 10.6. The fourth-order valence-corrected chi connectivity index (χ4v) is 2.31. The number of furan rings is 1. The van der Waals surface area contributed by atoms with Gasteiger partial charge in [0.05, 0.1) is 6.26 Å². The Morgan fingerprint density at radius 1 is 1.23 bits per heavy atom. The number of imidazole rings is 1. The monoisotopic (exact) mass is 295 g/mol. The maximum absolute atomic E-state index is 11.9. The maximum atomic E-state index is 11.9. The Labute approximate surface area is 128 Å². The number of nitrogens with zero attached hydrogens (tertiary/aromatic N) is 2. The van der Waals surface area contributed by atoms with Crippen LogP contribution >= 0.6 is 0 Å². The van der Waals surface area contributed by atoms with Gasteiger partial charge in [-0.05, 0) is 30.2 Å². The van der Waals surface area contributed by atoms with E-state index >= 15 is 0 Å². The summed E-state index contributed by atoms with van der Waals surface area (Å²) in [7, 11) is 0. The molecular formula is C17H17N3O2. The Balaban J connectivity index is 1.71. The molecule has 0 spiro atoms. The molecule has 5 nitrogen and oxygen atoms in total. The standard InChI is InChI=1S/C17H17N3O2/c1-13-18-8-9-20(13)12-15-6-3-2-5-14(15)11-19-17(21)16-7-4-10-22-16/h2-10H,11-12H2,1H3,(H,19,21). The van der Waals surface area contributed by atoms with Gasteiger partial charge in [0.15, 0.2) is 5.76 Å². The third-order valence-electron chi connectivity index (χ3n) is 3.57. The molecule has 0 unspecified atom stereocenters. The van der Waals surface area contributed by atoms with Gasteiger partial charge in [0.1, 0.15) is 5.82 Å². The lowest BCUT2D eigenvalue weighted by atomic mass is 10.1. The Bertz CT molecular complexity index is 760. The number of carbonyl (C=O) groups excluding carboxylic acids is 1. The molecule has 0 atom stereocenters. The van der Waals surface area contributed by atoms with Crippen molar-refractivity contribution in [2.75, 3.05) is 0 Å². The minimum atomic E-state index is -0.210. The van der Waals surface area contributed by atoms with E-state index in [9.17, 15) is 4.79 Å². The zero-order chi connectivity index (χ0) is 15.4. The number of hydrogen-bond acceptors (Lipinski definition) is 3. The number of hydrogen-bond donors (Lipinski definition) is 1. The summed E-state index contributed by atoms with van der Waals surface area (Å²) in [6, 6.07) is 11.4. The maximum Gasteiger partial charge on any atom is 0.287 e. The Kier molecular flexibility index (Phi) is 4.05. The smallest absolute Gasteiger partial charge is 0.287 e. The largest absolute Gasteiger partial charge is 0.459 e. The molecule has 0 aliphatic heterocycles. The van der Waals surface area contributed by atoms with Crippen LogP contribution in [0.25, 0.3) is 0 Å². The molecule has 0 radical (unpaired) electrons. The van der Waals surface area contributed by atoms with Crippen molar-refractivity contribution in [1.29, 1.82) is 0 Å². The van der Waals surface area contributed by atoms with E-state index < -0.39 is 0 Å². The first kappa shape index (κ1) is 14.1. The van der Waals surface area contributed by atoms with E-state index in [0.717, 1.165) is 23.5 Å². The summed E-state index contributed by atoms with van der Waals surface area (Å²) in [6.45, 7) is 3.17. The molecule has 1 N–H and O–H groups in total. The Hall–Kier alpha value is -2.82. The molecule has 0 saturated carbocycles. The van der Waals surface area contributed by atoms with Crippen molar-refractivity contribution < 1.29 is 9.21 Å². The highest BCUT2D eigenvalue weighted by Gasteiger charge is 2.09. The van der Waals surface area contributed by atoms with Crippen molar-refractivity contribution in [3.05, 3.63) is 77.8 Å². The lowest BCUT2D eigenvalue weighted by Crippen LogP contribution is -2.23. The number of amides is 1. The topological polar surface area (TPSA) is 60.1 Å². The van der Waals surface area contributed by atoms with Gasteiger partial charge in [-0.3, -0.25) is 4.79 Å². The molecule has 0 saturated heterocycles. The van der Waals surface area contributed by atoms with E-state index in [1.807, 2.05) is 31.3 Å². The van der Waals surface area contributed by atoms with Gasteiger partial charge in [-0.25, -0.2) is 4.98 Å². The number of nitrogens with one attached hydrogen (secondary N) is 1. The van der Waals surface area contributed by atoms with Gasteiger partial charge in [0.2, 0.25) is 0 Å². The molecule has 1 aromatic carbocycles. The van der Waals surface area contributed by atoms with Crippen molar-refractivity contribution in [1.82, 2.24) is 14.9 Å². The van der Waals surface area contributed by atoms with Gasteiger partial charge in [-0.15, -0.1) is 0 Å². The number of rotatable bonds is 5. The summed E-state index contributed by atoms with van der Waals surface area (Å²) in [5.41, 5.74) is 2.24. The molecule has 2 heterocycles. The minimum absolute atomic E-state index is 0.210. The molecule has 22 heavy (non-hydrogen) atoms. The van der Waals surface area contributed by atoms with E-state index in [1.54, 1.807) is 18.3 Å². The summed E-state index contributed by atoms with van der Waals surface area (Å²) in [5, 5.41) is 2.88. The average molecular weight is 295 g/mol. The minimum Gasteiger partial charge on any atom is -0.459 e. The van der Waals surface area contributed by atoms with E-state index in [1.165, 1.54) is 6.26 Å². The lowest BCUT2D eigenvalue weighted by molar-refractivity contribution is 0.0923. The Morgan fingerprint density at radius 2 is 2.05 bits per heavy atom. The summed E-state index contributed by atoms with van der Waals surface area (Å²) in [4.78, 5) is 16.2. The summed E-state index contributed by atoms with van der Waals surface area (Å²) in [6.07, 6.45) is 5.23. The molecule has 2 aromatic heterocycles. The lowest BCUT2D eigenvalue weighted by Gasteiger charge is -2.11. The molecule has 0 aliphatic rings. The van der Waals surface area contributed by atoms with Crippen LogP contribution in [0.1, 0.15) is 27.5 Å². The SMILES string of the molecule is Cc1nccn1Cc1ccccc1CNC(=O)c1ccco1. The highest BCUT2D eigenvalue weighted by molar-refractivity contribution is 5.91. The molecule has 1 amide bonds. The molecule has 3 aromatic rings. The van der Waals surface area contributed by atoms with Gasteiger partial charge in [0.25, 0.3) is 5.91 Å². The van der Waals surface area contributed by atoms with Gasteiger partial charge in [0, 0.05) is 25.5 Å². The van der Waals surface area contributed by atoms with Crippen LogP contribution in [0.5, 0.6) is 0 Å². The summed E-state index contributed by atoms with van der Waals surface area (Å²) in [5.74, 6) is 1.08. The number of carbonyl (C=O) groups is 1. The predicted octanol–water partition coefficient (Wildman–Crippen LogP) is 2.76. The summed E-state index contributed by atoms with van der Waals surface area (Å²) < 4.78 is 7.17. The molecule has 5 heteroatoms. The highest BCUT2D eigenvalue weighted by Crippen LogP contribution is 2.12. The molecular weight excluding hydrogens is 278 g/mol. The first-order valence-corrected chi connectivity index (χ1v) is 7.10. The fourth-order valence-electron chi connectivity index (χ4n) is 2.31. The number of aromatic nitrogens is 2. The van der Waals surface area contributed by atoms with E-state index in [-0.39, 0.29) is 5.91 Å². The number of aryl methyl sites for hydroxylation is 1. The second-order valence-electron chi connectivity index (χ2n) is 5.03. The van der Waals surface area contributed by atoms with Crippen LogP contribution in [-0.4, -0.2) is 15.5 Å². The van der Waals surface area contributed by atoms with E-state index in [2.05, 4.69) is 20.9 Å². The van der Waals surface area contributed by atoms with Gasteiger partial charge >= 0.3 is 0 Å². The van der Waals surface area contributed by atoms with Crippen molar-refractivity contribution in [2.24, 2.45) is 0 Å². The second kappa shape index (κ2) is 6.30. The third kappa shape index (κ3) is 3.09. The van der Waals surface area contributed by atoms with Crippen molar-refractivity contribution in [3.8, 4) is 0 Å². The fraction of sp³-hybridized carbons (Fsp3) is 0.176. The molecule has 0 aliphatic carbocycles. The van der Waals surface area contributed by atoms with Crippen LogP contribution in [-0.2, 0) is 13.1 Å². The Morgan fingerprint density at radius 3 is 2.73 bits per heavy atom. The van der Waals surface area contributed by atoms with Gasteiger partial charge in [-0.2, -0.15) is 0 Å². The van der Waals surface area contributed by atoms with Gasteiger partial charge < -0.3 is 14.3 Å². The molecule has 112 valence electrons. The van der Waals surface area contributed by atoms with Crippen LogP contribution in [0.3, 0.4) is 0 Å².